The lowest BCUT2D eigenvalue weighted by molar-refractivity contribution is -0.139. The number of carbonyl (C=O) groups excluding carboxylic acids is 1. The topological polar surface area (TPSA) is 45.2 Å². The minimum Gasteiger partial charge on any atom is -0.341 e. The molecule has 4 nitrogen and oxygen atoms in total. The highest BCUT2D eigenvalue weighted by Crippen LogP contribution is 2.31. The molecule has 1 amide bonds. The standard InChI is InChI=1S/C16H25N3OS/c1-12-11-21-14(18-12)13-5-9-19(10-6-13)15(20)16(2)7-3-4-8-17-16/h11,13,17H,3-10H2,1-2H3/t16-/m1/s1. The lowest BCUT2D eigenvalue weighted by atomic mass is 9.88. The monoisotopic (exact) mass is 307 g/mol. The highest BCUT2D eigenvalue weighted by Gasteiger charge is 2.38. The average Bonchev–Trinajstić information content (AvgIpc) is 2.94. The second-order valence-corrected chi connectivity index (χ2v) is 7.50. The summed E-state index contributed by atoms with van der Waals surface area (Å²) in [4.78, 5) is 19.4. The van der Waals surface area contributed by atoms with Crippen molar-refractivity contribution in [2.24, 2.45) is 0 Å². The van der Waals surface area contributed by atoms with Crippen LogP contribution in [0.1, 0.15) is 55.6 Å². The van der Waals surface area contributed by atoms with Gasteiger partial charge in [0.25, 0.3) is 0 Å². The summed E-state index contributed by atoms with van der Waals surface area (Å²) in [5, 5.41) is 6.81. The SMILES string of the molecule is Cc1csc(C2CCN(C(=O)[C@@]3(C)CCCCN3)CC2)n1. The zero-order valence-corrected chi connectivity index (χ0v) is 13.8. The summed E-state index contributed by atoms with van der Waals surface area (Å²) in [5.74, 6) is 0.843. The number of rotatable bonds is 2. The second-order valence-electron chi connectivity index (χ2n) is 6.61. The summed E-state index contributed by atoms with van der Waals surface area (Å²) >= 11 is 1.77. The summed E-state index contributed by atoms with van der Waals surface area (Å²) in [6.45, 7) is 6.84. The van der Waals surface area contributed by atoms with Crippen molar-refractivity contribution < 1.29 is 4.79 Å². The fourth-order valence-electron chi connectivity index (χ4n) is 3.48. The van der Waals surface area contributed by atoms with Gasteiger partial charge in [0.2, 0.25) is 5.91 Å². The molecule has 0 aliphatic carbocycles. The van der Waals surface area contributed by atoms with Crippen LogP contribution in [0.2, 0.25) is 0 Å². The van der Waals surface area contributed by atoms with Gasteiger partial charge in [-0.15, -0.1) is 11.3 Å². The fraction of sp³-hybridized carbons (Fsp3) is 0.750. The van der Waals surface area contributed by atoms with Crippen LogP contribution in [0.25, 0.3) is 0 Å². The summed E-state index contributed by atoms with van der Waals surface area (Å²) in [6, 6.07) is 0. The molecule has 1 aromatic rings. The van der Waals surface area contributed by atoms with Gasteiger partial charge in [-0.05, 0) is 52.5 Å². The molecule has 1 N–H and O–H groups in total. The van der Waals surface area contributed by atoms with Crippen molar-refractivity contribution in [1.29, 1.82) is 0 Å². The van der Waals surface area contributed by atoms with Crippen molar-refractivity contribution in [3.8, 4) is 0 Å². The normalized spacial score (nSPS) is 27.8. The molecule has 0 aromatic carbocycles. The predicted molar refractivity (Wildman–Crippen MR) is 85.7 cm³/mol. The number of piperidine rings is 2. The second kappa shape index (κ2) is 6.05. The van der Waals surface area contributed by atoms with E-state index in [1.54, 1.807) is 11.3 Å². The zero-order chi connectivity index (χ0) is 14.9. The Bertz CT molecular complexity index is 499. The first-order valence-electron chi connectivity index (χ1n) is 8.05. The van der Waals surface area contributed by atoms with E-state index in [-0.39, 0.29) is 5.54 Å². The molecule has 3 rings (SSSR count). The number of likely N-dealkylation sites (tertiary alicyclic amines) is 1. The largest absolute Gasteiger partial charge is 0.341 e. The Morgan fingerprint density at radius 2 is 2.19 bits per heavy atom. The lowest BCUT2D eigenvalue weighted by Crippen LogP contribution is -2.59. The van der Waals surface area contributed by atoms with Crippen molar-refractivity contribution in [2.75, 3.05) is 19.6 Å². The van der Waals surface area contributed by atoms with Crippen molar-refractivity contribution in [3.63, 3.8) is 0 Å². The first-order valence-corrected chi connectivity index (χ1v) is 8.93. The molecule has 5 heteroatoms. The molecule has 3 heterocycles. The Morgan fingerprint density at radius 1 is 1.43 bits per heavy atom. The van der Waals surface area contributed by atoms with Gasteiger partial charge in [0, 0.05) is 30.1 Å². The number of nitrogens with zero attached hydrogens (tertiary/aromatic N) is 2. The number of amides is 1. The van der Waals surface area contributed by atoms with Crippen molar-refractivity contribution >= 4 is 17.2 Å². The van der Waals surface area contributed by atoms with Crippen LogP contribution < -0.4 is 5.32 Å². The predicted octanol–water partition coefficient (Wildman–Crippen LogP) is 2.69. The molecule has 0 saturated carbocycles. The van der Waals surface area contributed by atoms with E-state index in [0.717, 1.165) is 51.0 Å². The maximum atomic E-state index is 12.8. The van der Waals surface area contributed by atoms with Gasteiger partial charge in [-0.1, -0.05) is 0 Å². The average molecular weight is 307 g/mol. The first kappa shape index (κ1) is 15.0. The van der Waals surface area contributed by atoms with Crippen LogP contribution in [-0.4, -0.2) is 41.0 Å². The van der Waals surface area contributed by atoms with Gasteiger partial charge in [-0.2, -0.15) is 0 Å². The lowest BCUT2D eigenvalue weighted by Gasteiger charge is -2.40. The number of hydrogen-bond donors (Lipinski definition) is 1. The minimum absolute atomic E-state index is 0.302. The van der Waals surface area contributed by atoms with E-state index in [9.17, 15) is 4.79 Å². The van der Waals surface area contributed by atoms with Crippen LogP contribution in [0.3, 0.4) is 0 Å². The van der Waals surface area contributed by atoms with E-state index in [4.69, 9.17) is 0 Å². The number of hydrogen-bond acceptors (Lipinski definition) is 4. The van der Waals surface area contributed by atoms with Crippen molar-refractivity contribution in [3.05, 3.63) is 16.1 Å². The van der Waals surface area contributed by atoms with Crippen LogP contribution in [0, 0.1) is 6.92 Å². The number of carbonyl (C=O) groups is 1. The van der Waals surface area contributed by atoms with Gasteiger partial charge in [0.15, 0.2) is 0 Å². The number of thiazole rings is 1. The van der Waals surface area contributed by atoms with Crippen molar-refractivity contribution in [1.82, 2.24) is 15.2 Å². The Labute approximate surface area is 130 Å². The molecule has 0 bridgehead atoms. The Kier molecular flexibility index (Phi) is 4.31. The molecule has 116 valence electrons. The van der Waals surface area contributed by atoms with Crippen LogP contribution in [-0.2, 0) is 4.79 Å². The van der Waals surface area contributed by atoms with Crippen LogP contribution in [0.4, 0.5) is 0 Å². The maximum Gasteiger partial charge on any atom is 0.242 e. The third kappa shape index (κ3) is 3.14. The summed E-state index contributed by atoms with van der Waals surface area (Å²) in [6.07, 6.45) is 5.42. The third-order valence-corrected chi connectivity index (χ3v) is 5.98. The van der Waals surface area contributed by atoms with E-state index < -0.39 is 0 Å². The highest BCUT2D eigenvalue weighted by molar-refractivity contribution is 7.09. The molecule has 1 aromatic heterocycles. The quantitative estimate of drug-likeness (QED) is 0.913. The number of nitrogens with one attached hydrogen (secondary N) is 1. The zero-order valence-electron chi connectivity index (χ0n) is 13.0. The van der Waals surface area contributed by atoms with E-state index in [1.807, 2.05) is 6.92 Å². The minimum atomic E-state index is -0.330. The highest BCUT2D eigenvalue weighted by atomic mass is 32.1. The fourth-order valence-corrected chi connectivity index (χ4v) is 4.45. The van der Waals surface area contributed by atoms with Crippen molar-refractivity contribution in [2.45, 2.75) is 57.4 Å². The molecule has 0 radical (unpaired) electrons. The molecule has 2 saturated heterocycles. The van der Waals surface area contributed by atoms with E-state index in [1.165, 1.54) is 11.4 Å². The molecular formula is C16H25N3OS. The molecule has 0 unspecified atom stereocenters. The van der Waals surface area contributed by atoms with Gasteiger partial charge < -0.3 is 10.2 Å². The van der Waals surface area contributed by atoms with Gasteiger partial charge >= 0.3 is 0 Å². The van der Waals surface area contributed by atoms with Gasteiger partial charge in [0.1, 0.15) is 0 Å². The van der Waals surface area contributed by atoms with E-state index >= 15 is 0 Å². The van der Waals surface area contributed by atoms with Gasteiger partial charge in [-0.25, -0.2) is 4.98 Å². The Hall–Kier alpha value is -0.940. The van der Waals surface area contributed by atoms with Gasteiger partial charge in [0.05, 0.1) is 10.5 Å². The van der Waals surface area contributed by atoms with Gasteiger partial charge in [-0.3, -0.25) is 4.79 Å². The number of aromatic nitrogens is 1. The Morgan fingerprint density at radius 3 is 2.76 bits per heavy atom. The molecule has 2 fully saturated rings. The molecular weight excluding hydrogens is 282 g/mol. The Balaban J connectivity index is 1.59. The smallest absolute Gasteiger partial charge is 0.242 e. The van der Waals surface area contributed by atoms with Crippen LogP contribution >= 0.6 is 11.3 Å². The molecule has 1 atom stereocenters. The number of aryl methyl sites for hydroxylation is 1. The third-order valence-electron chi connectivity index (χ3n) is 4.86. The first-order chi connectivity index (χ1) is 10.1. The summed E-state index contributed by atoms with van der Waals surface area (Å²) in [5.41, 5.74) is 0.787. The molecule has 0 spiro atoms. The molecule has 2 aliphatic heterocycles. The molecule has 21 heavy (non-hydrogen) atoms. The summed E-state index contributed by atoms with van der Waals surface area (Å²) < 4.78 is 0. The molecule has 2 aliphatic rings. The van der Waals surface area contributed by atoms with Crippen LogP contribution in [0.15, 0.2) is 5.38 Å². The van der Waals surface area contributed by atoms with Crippen LogP contribution in [0.5, 0.6) is 0 Å². The van der Waals surface area contributed by atoms with E-state index in [0.29, 0.717) is 11.8 Å². The van der Waals surface area contributed by atoms with E-state index in [2.05, 4.69) is 27.5 Å². The maximum absolute atomic E-state index is 12.8. The summed E-state index contributed by atoms with van der Waals surface area (Å²) in [7, 11) is 0.